The summed E-state index contributed by atoms with van der Waals surface area (Å²) in [6, 6.07) is 15.6. The molecule has 0 saturated carbocycles. The standard InChI is InChI=1S/C17H17BrFN/c18-13-7-5-12(6-8-13)16-11-20-10-9-14(16)15-3-1-2-4-17(15)19/h1-8,14,16,20H,9-11H2. The van der Waals surface area contributed by atoms with Gasteiger partial charge in [-0.2, -0.15) is 0 Å². The van der Waals surface area contributed by atoms with Crippen molar-refractivity contribution in [2.45, 2.75) is 18.3 Å². The number of hydrogen-bond donors (Lipinski definition) is 1. The summed E-state index contributed by atoms with van der Waals surface area (Å²) in [6.45, 7) is 1.85. The molecule has 0 radical (unpaired) electrons. The van der Waals surface area contributed by atoms with Crippen LogP contribution in [0.5, 0.6) is 0 Å². The van der Waals surface area contributed by atoms with Crippen molar-refractivity contribution in [1.82, 2.24) is 5.32 Å². The smallest absolute Gasteiger partial charge is 0.126 e. The largest absolute Gasteiger partial charge is 0.316 e. The van der Waals surface area contributed by atoms with Crippen molar-refractivity contribution >= 4 is 15.9 Å². The van der Waals surface area contributed by atoms with Gasteiger partial charge in [0, 0.05) is 16.9 Å². The molecule has 0 spiro atoms. The summed E-state index contributed by atoms with van der Waals surface area (Å²) < 4.78 is 15.2. The molecular weight excluding hydrogens is 317 g/mol. The third kappa shape index (κ3) is 2.79. The van der Waals surface area contributed by atoms with Crippen molar-refractivity contribution in [2.24, 2.45) is 0 Å². The van der Waals surface area contributed by atoms with Crippen molar-refractivity contribution in [1.29, 1.82) is 0 Å². The van der Waals surface area contributed by atoms with Gasteiger partial charge in [-0.25, -0.2) is 4.39 Å². The van der Waals surface area contributed by atoms with E-state index in [4.69, 9.17) is 0 Å². The Morgan fingerprint density at radius 3 is 2.50 bits per heavy atom. The molecule has 1 aliphatic heterocycles. The van der Waals surface area contributed by atoms with E-state index in [2.05, 4.69) is 45.5 Å². The molecule has 1 heterocycles. The fraction of sp³-hybridized carbons (Fsp3) is 0.294. The second-order valence-electron chi connectivity index (χ2n) is 5.28. The second kappa shape index (κ2) is 6.06. The minimum absolute atomic E-state index is 0.0819. The molecule has 0 aromatic heterocycles. The maximum absolute atomic E-state index is 14.1. The van der Waals surface area contributed by atoms with E-state index in [1.807, 2.05) is 12.1 Å². The van der Waals surface area contributed by atoms with E-state index in [0.717, 1.165) is 29.5 Å². The number of piperidine rings is 1. The van der Waals surface area contributed by atoms with Crippen LogP contribution in [0.15, 0.2) is 53.0 Å². The topological polar surface area (TPSA) is 12.0 Å². The molecule has 0 aliphatic carbocycles. The molecule has 1 nitrogen and oxygen atoms in total. The summed E-state index contributed by atoms with van der Waals surface area (Å²) in [5.41, 5.74) is 2.12. The minimum Gasteiger partial charge on any atom is -0.316 e. The highest BCUT2D eigenvalue weighted by Gasteiger charge is 2.29. The first-order chi connectivity index (χ1) is 9.75. The molecule has 1 aliphatic rings. The predicted octanol–water partition coefficient (Wildman–Crippen LogP) is 4.45. The number of hydrogen-bond acceptors (Lipinski definition) is 1. The normalized spacial score (nSPS) is 22.7. The van der Waals surface area contributed by atoms with E-state index in [9.17, 15) is 4.39 Å². The monoisotopic (exact) mass is 333 g/mol. The molecule has 3 rings (SSSR count). The Morgan fingerprint density at radius 2 is 1.75 bits per heavy atom. The van der Waals surface area contributed by atoms with Gasteiger partial charge in [0.15, 0.2) is 0 Å². The van der Waals surface area contributed by atoms with Gasteiger partial charge in [-0.1, -0.05) is 46.3 Å². The van der Waals surface area contributed by atoms with Gasteiger partial charge >= 0.3 is 0 Å². The fourth-order valence-corrected chi connectivity index (χ4v) is 3.33. The molecule has 1 fully saturated rings. The molecular formula is C17H17BrFN. The Bertz CT molecular complexity index is 582. The van der Waals surface area contributed by atoms with E-state index in [1.54, 1.807) is 12.1 Å². The average Bonchev–Trinajstić information content (AvgIpc) is 2.49. The van der Waals surface area contributed by atoms with E-state index in [0.29, 0.717) is 5.92 Å². The summed E-state index contributed by atoms with van der Waals surface area (Å²) in [6.07, 6.45) is 0.974. The zero-order valence-electron chi connectivity index (χ0n) is 11.2. The zero-order chi connectivity index (χ0) is 13.9. The number of nitrogens with one attached hydrogen (secondary N) is 1. The quantitative estimate of drug-likeness (QED) is 0.856. The van der Waals surface area contributed by atoms with Crippen molar-refractivity contribution < 1.29 is 4.39 Å². The summed E-state index contributed by atoms with van der Waals surface area (Å²) in [5.74, 6) is 0.494. The third-order valence-electron chi connectivity index (χ3n) is 4.08. The van der Waals surface area contributed by atoms with Gasteiger partial charge in [-0.15, -0.1) is 0 Å². The van der Waals surface area contributed by atoms with Gasteiger partial charge in [-0.3, -0.25) is 0 Å². The van der Waals surface area contributed by atoms with Crippen molar-refractivity contribution in [3.8, 4) is 0 Å². The lowest BCUT2D eigenvalue weighted by Gasteiger charge is -2.33. The van der Waals surface area contributed by atoms with E-state index in [1.165, 1.54) is 5.56 Å². The Hall–Kier alpha value is -1.19. The van der Waals surface area contributed by atoms with Crippen LogP contribution in [0.4, 0.5) is 4.39 Å². The maximum atomic E-state index is 14.1. The van der Waals surface area contributed by atoms with Crippen LogP contribution in [0.1, 0.15) is 29.4 Å². The molecule has 0 amide bonds. The molecule has 2 atom stereocenters. The molecule has 3 heteroatoms. The lowest BCUT2D eigenvalue weighted by atomic mass is 9.77. The van der Waals surface area contributed by atoms with Crippen molar-refractivity contribution in [3.63, 3.8) is 0 Å². The molecule has 20 heavy (non-hydrogen) atoms. The van der Waals surface area contributed by atoms with Crippen LogP contribution in [-0.4, -0.2) is 13.1 Å². The van der Waals surface area contributed by atoms with Gasteiger partial charge in [0.2, 0.25) is 0 Å². The molecule has 2 aromatic carbocycles. The Morgan fingerprint density at radius 1 is 1.00 bits per heavy atom. The fourth-order valence-electron chi connectivity index (χ4n) is 3.07. The zero-order valence-corrected chi connectivity index (χ0v) is 12.7. The van der Waals surface area contributed by atoms with Crippen LogP contribution >= 0.6 is 15.9 Å². The summed E-state index contributed by atoms with van der Waals surface area (Å²) in [7, 11) is 0. The van der Waals surface area contributed by atoms with E-state index >= 15 is 0 Å². The Labute approximate surface area is 127 Å². The average molecular weight is 334 g/mol. The Balaban J connectivity index is 1.95. The highest BCUT2D eigenvalue weighted by Crippen LogP contribution is 2.38. The van der Waals surface area contributed by atoms with Crippen LogP contribution < -0.4 is 5.32 Å². The van der Waals surface area contributed by atoms with E-state index in [-0.39, 0.29) is 11.7 Å². The highest BCUT2D eigenvalue weighted by atomic mass is 79.9. The van der Waals surface area contributed by atoms with Gasteiger partial charge in [0.25, 0.3) is 0 Å². The second-order valence-corrected chi connectivity index (χ2v) is 6.19. The van der Waals surface area contributed by atoms with Crippen LogP contribution in [-0.2, 0) is 0 Å². The lowest BCUT2D eigenvalue weighted by molar-refractivity contribution is 0.393. The molecule has 1 saturated heterocycles. The summed E-state index contributed by atoms with van der Waals surface area (Å²) in [4.78, 5) is 0. The SMILES string of the molecule is Fc1ccccc1C1CCNCC1c1ccc(Br)cc1. The lowest BCUT2D eigenvalue weighted by Crippen LogP contribution is -2.34. The predicted molar refractivity (Wildman–Crippen MR) is 83.5 cm³/mol. The summed E-state index contributed by atoms with van der Waals surface area (Å²) in [5, 5.41) is 3.43. The van der Waals surface area contributed by atoms with Crippen LogP contribution in [0, 0.1) is 5.82 Å². The highest BCUT2D eigenvalue weighted by molar-refractivity contribution is 9.10. The molecule has 0 bridgehead atoms. The van der Waals surface area contributed by atoms with Crippen LogP contribution in [0.25, 0.3) is 0 Å². The number of rotatable bonds is 2. The van der Waals surface area contributed by atoms with E-state index < -0.39 is 0 Å². The van der Waals surface area contributed by atoms with Gasteiger partial charge in [0.1, 0.15) is 5.82 Å². The van der Waals surface area contributed by atoms with Crippen molar-refractivity contribution in [2.75, 3.05) is 13.1 Å². The first kappa shape index (κ1) is 13.8. The third-order valence-corrected chi connectivity index (χ3v) is 4.61. The van der Waals surface area contributed by atoms with Crippen LogP contribution in [0.2, 0.25) is 0 Å². The number of benzene rings is 2. The van der Waals surface area contributed by atoms with Crippen LogP contribution in [0.3, 0.4) is 0 Å². The first-order valence-corrected chi connectivity index (χ1v) is 7.75. The molecule has 1 N–H and O–H groups in total. The first-order valence-electron chi connectivity index (χ1n) is 6.96. The van der Waals surface area contributed by atoms with Crippen molar-refractivity contribution in [3.05, 3.63) is 69.9 Å². The van der Waals surface area contributed by atoms with Gasteiger partial charge < -0.3 is 5.32 Å². The maximum Gasteiger partial charge on any atom is 0.126 e. The number of halogens is 2. The Kier molecular flexibility index (Phi) is 4.18. The molecule has 2 aromatic rings. The minimum atomic E-state index is -0.0819. The molecule has 2 unspecified atom stereocenters. The summed E-state index contributed by atoms with van der Waals surface area (Å²) >= 11 is 3.47. The molecule has 104 valence electrons. The van der Waals surface area contributed by atoms with Gasteiger partial charge in [0.05, 0.1) is 0 Å². The van der Waals surface area contributed by atoms with Gasteiger partial charge in [-0.05, 0) is 48.2 Å².